The van der Waals surface area contributed by atoms with Gasteiger partial charge in [0.15, 0.2) is 8.32 Å². The normalized spacial score (nSPS) is 12.7. The number of amides is 1. The van der Waals surface area contributed by atoms with Crippen molar-refractivity contribution in [1.82, 2.24) is 5.32 Å². The standard InChI is InChI=1S/C20H31NO3Si/c1-7-23-16-14-18(24-25(5,6)20(2,3)4)13-15-21-19(22)17-11-9-8-10-12-17/h8-12,18H,7,13,15H2,1-6H3,(H,21,22). The van der Waals surface area contributed by atoms with E-state index in [4.69, 9.17) is 9.16 Å². The van der Waals surface area contributed by atoms with Gasteiger partial charge in [0.25, 0.3) is 5.91 Å². The Balaban J connectivity index is 2.65. The first-order valence-corrected chi connectivity index (χ1v) is 11.7. The molecule has 0 fully saturated rings. The van der Waals surface area contributed by atoms with Crippen molar-refractivity contribution in [3.63, 3.8) is 0 Å². The molecule has 138 valence electrons. The SMILES string of the molecule is CCOC#CC(CCNC(=O)c1ccccc1)O[Si](C)(C)C(C)(C)C. The van der Waals surface area contributed by atoms with Gasteiger partial charge in [0, 0.05) is 18.5 Å². The summed E-state index contributed by atoms with van der Waals surface area (Å²) in [6, 6.07) is 9.20. The highest BCUT2D eigenvalue weighted by molar-refractivity contribution is 6.74. The Hall–Kier alpha value is -1.77. The van der Waals surface area contributed by atoms with E-state index in [0.717, 1.165) is 0 Å². The predicted octanol–water partition coefficient (Wildman–Crippen LogP) is 4.19. The predicted molar refractivity (Wildman–Crippen MR) is 105 cm³/mol. The average Bonchev–Trinajstić information content (AvgIpc) is 2.54. The molecule has 0 saturated heterocycles. The van der Waals surface area contributed by atoms with Gasteiger partial charge >= 0.3 is 0 Å². The molecule has 0 saturated carbocycles. The van der Waals surface area contributed by atoms with Gasteiger partial charge in [-0.1, -0.05) is 39.0 Å². The molecule has 1 amide bonds. The minimum Gasteiger partial charge on any atom is -0.447 e. The van der Waals surface area contributed by atoms with Gasteiger partial charge in [-0.3, -0.25) is 4.79 Å². The van der Waals surface area contributed by atoms with E-state index in [2.05, 4.69) is 51.2 Å². The maximum Gasteiger partial charge on any atom is 0.251 e. The number of carbonyl (C=O) groups excluding carboxylic acids is 1. The molecule has 5 heteroatoms. The molecule has 0 radical (unpaired) electrons. The lowest BCUT2D eigenvalue weighted by Crippen LogP contribution is -2.44. The fourth-order valence-corrected chi connectivity index (χ4v) is 3.12. The Morgan fingerprint density at radius 3 is 2.44 bits per heavy atom. The third kappa shape index (κ3) is 7.33. The van der Waals surface area contributed by atoms with Crippen LogP contribution in [0.3, 0.4) is 0 Å². The summed E-state index contributed by atoms with van der Waals surface area (Å²) in [5.41, 5.74) is 0.657. The monoisotopic (exact) mass is 361 g/mol. The summed E-state index contributed by atoms with van der Waals surface area (Å²) in [7, 11) is -1.94. The molecule has 0 aliphatic rings. The number of ether oxygens (including phenoxy) is 1. The second kappa shape index (κ2) is 9.64. The van der Waals surface area contributed by atoms with E-state index in [1.807, 2.05) is 25.1 Å². The van der Waals surface area contributed by atoms with Crippen LogP contribution >= 0.6 is 0 Å². The highest BCUT2D eigenvalue weighted by Gasteiger charge is 2.38. The van der Waals surface area contributed by atoms with Crippen molar-refractivity contribution in [2.75, 3.05) is 13.2 Å². The molecule has 0 aromatic heterocycles. The molecule has 1 aromatic carbocycles. The van der Waals surface area contributed by atoms with Crippen LogP contribution in [0, 0.1) is 12.0 Å². The van der Waals surface area contributed by atoms with Crippen molar-refractivity contribution in [1.29, 1.82) is 0 Å². The van der Waals surface area contributed by atoms with Crippen LogP contribution in [-0.4, -0.2) is 33.5 Å². The molecule has 25 heavy (non-hydrogen) atoms. The minimum atomic E-state index is -1.94. The lowest BCUT2D eigenvalue weighted by atomic mass is 10.2. The van der Waals surface area contributed by atoms with E-state index in [9.17, 15) is 4.79 Å². The lowest BCUT2D eigenvalue weighted by Gasteiger charge is -2.38. The van der Waals surface area contributed by atoms with Crippen LogP contribution in [0.4, 0.5) is 0 Å². The Bertz CT molecular complexity index is 597. The van der Waals surface area contributed by atoms with Gasteiger partial charge in [0.05, 0.1) is 6.61 Å². The van der Waals surface area contributed by atoms with Crippen molar-refractivity contribution in [2.45, 2.75) is 58.4 Å². The summed E-state index contributed by atoms with van der Waals surface area (Å²) in [6.07, 6.45) is 3.10. The molecule has 0 spiro atoms. The number of benzene rings is 1. The van der Waals surface area contributed by atoms with Gasteiger partial charge in [-0.15, -0.1) is 0 Å². The average molecular weight is 362 g/mol. The maximum atomic E-state index is 12.1. The van der Waals surface area contributed by atoms with Gasteiger partial charge in [0.2, 0.25) is 0 Å². The molecule has 1 N–H and O–H groups in total. The molecule has 1 aromatic rings. The van der Waals surface area contributed by atoms with Crippen molar-refractivity contribution in [3.05, 3.63) is 35.9 Å². The van der Waals surface area contributed by atoms with Crippen molar-refractivity contribution < 1.29 is 14.0 Å². The van der Waals surface area contributed by atoms with E-state index in [1.165, 1.54) is 0 Å². The fourth-order valence-electron chi connectivity index (χ4n) is 1.88. The molecular formula is C20H31NO3Si. The Labute approximate surface area is 153 Å². The summed E-state index contributed by atoms with van der Waals surface area (Å²) in [5.74, 6) is 2.97. The van der Waals surface area contributed by atoms with Gasteiger partial charge in [-0.25, -0.2) is 0 Å². The van der Waals surface area contributed by atoms with Crippen molar-refractivity contribution >= 4 is 14.2 Å². The van der Waals surface area contributed by atoms with Crippen molar-refractivity contribution in [3.8, 4) is 12.0 Å². The molecule has 1 rings (SSSR count). The van der Waals surface area contributed by atoms with E-state index < -0.39 is 8.32 Å². The Morgan fingerprint density at radius 1 is 1.24 bits per heavy atom. The molecule has 0 aliphatic carbocycles. The van der Waals surface area contributed by atoms with E-state index in [1.54, 1.807) is 12.1 Å². The smallest absolute Gasteiger partial charge is 0.251 e. The molecule has 1 unspecified atom stereocenters. The number of carbonyl (C=O) groups is 1. The summed E-state index contributed by atoms with van der Waals surface area (Å²) in [4.78, 5) is 12.1. The number of hydrogen-bond acceptors (Lipinski definition) is 3. The van der Waals surface area contributed by atoms with Gasteiger partial charge in [0.1, 0.15) is 12.2 Å². The first-order chi connectivity index (χ1) is 11.7. The van der Waals surface area contributed by atoms with Gasteiger partial charge < -0.3 is 14.5 Å². The zero-order valence-electron chi connectivity index (χ0n) is 16.3. The van der Waals surface area contributed by atoms with Crippen LogP contribution in [-0.2, 0) is 9.16 Å². The highest BCUT2D eigenvalue weighted by Crippen LogP contribution is 2.37. The van der Waals surface area contributed by atoms with Gasteiger partial charge in [-0.05, 0) is 43.1 Å². The van der Waals surface area contributed by atoms with Crippen LogP contribution in [0.5, 0.6) is 0 Å². The van der Waals surface area contributed by atoms with E-state index >= 15 is 0 Å². The van der Waals surface area contributed by atoms with Crippen LogP contribution in [0.2, 0.25) is 18.1 Å². The first-order valence-electron chi connectivity index (χ1n) is 8.81. The molecule has 0 bridgehead atoms. The highest BCUT2D eigenvalue weighted by atomic mass is 28.4. The molecule has 4 nitrogen and oxygen atoms in total. The summed E-state index contributed by atoms with van der Waals surface area (Å²) >= 11 is 0. The zero-order chi connectivity index (χ0) is 18.9. The zero-order valence-corrected chi connectivity index (χ0v) is 17.3. The third-order valence-corrected chi connectivity index (χ3v) is 8.89. The van der Waals surface area contributed by atoms with E-state index in [0.29, 0.717) is 25.1 Å². The largest absolute Gasteiger partial charge is 0.447 e. The summed E-state index contributed by atoms with van der Waals surface area (Å²) < 4.78 is 11.5. The number of nitrogens with one attached hydrogen (secondary N) is 1. The second-order valence-electron chi connectivity index (χ2n) is 7.46. The van der Waals surface area contributed by atoms with E-state index in [-0.39, 0.29) is 17.0 Å². The number of hydrogen-bond donors (Lipinski definition) is 1. The Kier molecular flexibility index (Phi) is 8.20. The molecule has 1 atom stereocenters. The maximum absolute atomic E-state index is 12.1. The molecular weight excluding hydrogens is 330 g/mol. The topological polar surface area (TPSA) is 47.6 Å². The Morgan fingerprint density at radius 2 is 1.88 bits per heavy atom. The summed E-state index contributed by atoms with van der Waals surface area (Å²) in [5, 5.41) is 3.04. The first kappa shape index (κ1) is 21.3. The minimum absolute atomic E-state index is 0.0792. The van der Waals surface area contributed by atoms with Gasteiger partial charge in [-0.2, -0.15) is 0 Å². The van der Waals surface area contributed by atoms with Crippen LogP contribution in [0.15, 0.2) is 30.3 Å². The second-order valence-corrected chi connectivity index (χ2v) is 12.2. The van der Waals surface area contributed by atoms with Crippen LogP contribution in [0.1, 0.15) is 44.5 Å². The molecule has 0 aliphatic heterocycles. The number of rotatable bonds is 7. The van der Waals surface area contributed by atoms with Crippen LogP contribution in [0.25, 0.3) is 0 Å². The third-order valence-electron chi connectivity index (χ3n) is 4.41. The molecule has 0 heterocycles. The quantitative estimate of drug-likeness (QED) is 0.585. The summed E-state index contributed by atoms with van der Waals surface area (Å²) in [6.45, 7) is 13.9. The lowest BCUT2D eigenvalue weighted by molar-refractivity contribution is 0.0949. The van der Waals surface area contributed by atoms with Crippen molar-refractivity contribution in [2.24, 2.45) is 0 Å². The fraction of sp³-hybridized carbons (Fsp3) is 0.550. The van der Waals surface area contributed by atoms with Crippen LogP contribution < -0.4 is 5.32 Å².